The van der Waals surface area contributed by atoms with E-state index < -0.39 is 18.2 Å². The van der Waals surface area contributed by atoms with Crippen molar-refractivity contribution in [1.29, 1.82) is 0 Å². The zero-order valence-electron chi connectivity index (χ0n) is 12.8. The van der Waals surface area contributed by atoms with Gasteiger partial charge in [-0.25, -0.2) is 9.59 Å². The van der Waals surface area contributed by atoms with Gasteiger partial charge >= 0.3 is 12.1 Å². The lowest BCUT2D eigenvalue weighted by atomic mass is 10.2. The number of hydrogen-bond acceptors (Lipinski definition) is 4. The summed E-state index contributed by atoms with van der Waals surface area (Å²) >= 11 is 0. The zero-order valence-corrected chi connectivity index (χ0v) is 12.8. The van der Waals surface area contributed by atoms with Gasteiger partial charge in [-0.2, -0.15) is 0 Å². The summed E-state index contributed by atoms with van der Waals surface area (Å²) in [7, 11) is 0. The van der Waals surface area contributed by atoms with Gasteiger partial charge in [0.25, 0.3) is 0 Å². The Hall–Kier alpha value is -2.08. The molecular weight excluding hydrogens is 286 g/mol. The predicted molar refractivity (Wildman–Crippen MR) is 81.5 cm³/mol. The van der Waals surface area contributed by atoms with Crippen molar-refractivity contribution < 1.29 is 24.2 Å². The Labute approximate surface area is 130 Å². The third kappa shape index (κ3) is 7.64. The number of carbonyl (C=O) groups excluding carboxylic acids is 1. The van der Waals surface area contributed by atoms with Crippen LogP contribution in [0, 0.1) is 0 Å². The molecule has 0 saturated heterocycles. The first-order valence-corrected chi connectivity index (χ1v) is 7.42. The fourth-order valence-corrected chi connectivity index (χ4v) is 1.73. The Morgan fingerprint density at radius 1 is 1.27 bits per heavy atom. The van der Waals surface area contributed by atoms with Gasteiger partial charge in [0.1, 0.15) is 6.61 Å². The number of carbonyl (C=O) groups is 2. The summed E-state index contributed by atoms with van der Waals surface area (Å²) in [6.45, 7) is 2.79. The van der Waals surface area contributed by atoms with Gasteiger partial charge in [-0.15, -0.1) is 0 Å². The van der Waals surface area contributed by atoms with Crippen LogP contribution >= 0.6 is 0 Å². The van der Waals surface area contributed by atoms with Crippen molar-refractivity contribution in [2.24, 2.45) is 0 Å². The maximum Gasteiger partial charge on any atom is 0.407 e. The van der Waals surface area contributed by atoms with E-state index in [1.54, 1.807) is 0 Å². The van der Waals surface area contributed by atoms with Crippen LogP contribution < -0.4 is 5.32 Å². The molecule has 0 aliphatic carbocycles. The maximum absolute atomic E-state index is 11.5. The highest BCUT2D eigenvalue weighted by atomic mass is 16.5. The normalized spacial score (nSPS) is 11.7. The molecule has 1 aromatic carbocycles. The minimum Gasteiger partial charge on any atom is -0.479 e. The van der Waals surface area contributed by atoms with Crippen molar-refractivity contribution in [3.05, 3.63) is 35.9 Å². The number of amides is 1. The molecule has 0 heterocycles. The zero-order chi connectivity index (χ0) is 16.2. The molecule has 0 fully saturated rings. The molecule has 2 N–H and O–H groups in total. The largest absolute Gasteiger partial charge is 0.479 e. The first kappa shape index (κ1) is 18.0. The van der Waals surface area contributed by atoms with E-state index in [2.05, 4.69) is 5.32 Å². The Morgan fingerprint density at radius 2 is 2.00 bits per heavy atom. The van der Waals surface area contributed by atoms with Crippen LogP contribution in [-0.4, -0.2) is 36.4 Å². The monoisotopic (exact) mass is 309 g/mol. The van der Waals surface area contributed by atoms with Crippen LogP contribution in [0.15, 0.2) is 30.3 Å². The van der Waals surface area contributed by atoms with Crippen molar-refractivity contribution in [3.63, 3.8) is 0 Å². The number of alkyl carbamates (subject to hydrolysis) is 1. The lowest BCUT2D eigenvalue weighted by Gasteiger charge is -2.14. The molecule has 0 saturated carbocycles. The van der Waals surface area contributed by atoms with E-state index in [1.807, 2.05) is 37.3 Å². The summed E-state index contributed by atoms with van der Waals surface area (Å²) in [4.78, 5) is 22.5. The second-order valence-electron chi connectivity index (χ2n) is 4.83. The van der Waals surface area contributed by atoms with Gasteiger partial charge in [0.2, 0.25) is 0 Å². The van der Waals surface area contributed by atoms with Crippen LogP contribution in [0.25, 0.3) is 0 Å². The lowest BCUT2D eigenvalue weighted by Crippen LogP contribution is -2.32. The van der Waals surface area contributed by atoms with Crippen molar-refractivity contribution in [2.45, 2.75) is 38.9 Å². The van der Waals surface area contributed by atoms with Crippen LogP contribution in [0.1, 0.15) is 31.7 Å². The van der Waals surface area contributed by atoms with Gasteiger partial charge in [-0.05, 0) is 12.0 Å². The molecule has 122 valence electrons. The Bertz CT molecular complexity index is 449. The maximum atomic E-state index is 11.5. The first-order chi connectivity index (χ1) is 10.6. The molecule has 0 aliphatic rings. The SMILES string of the molecule is CCCCO[C@@H](CCNC(=O)OCc1ccccc1)C(=O)O. The summed E-state index contributed by atoms with van der Waals surface area (Å²) in [6.07, 6.45) is 0.495. The molecule has 6 nitrogen and oxygen atoms in total. The summed E-state index contributed by atoms with van der Waals surface area (Å²) in [6, 6.07) is 9.32. The quantitative estimate of drug-likeness (QED) is 0.649. The second kappa shape index (κ2) is 10.6. The van der Waals surface area contributed by atoms with Crippen molar-refractivity contribution in [3.8, 4) is 0 Å². The average Bonchev–Trinajstić information content (AvgIpc) is 2.52. The first-order valence-electron chi connectivity index (χ1n) is 7.42. The Kier molecular flexibility index (Phi) is 8.67. The molecule has 1 amide bonds. The van der Waals surface area contributed by atoms with E-state index in [9.17, 15) is 9.59 Å². The van der Waals surface area contributed by atoms with E-state index in [0.717, 1.165) is 18.4 Å². The second-order valence-corrected chi connectivity index (χ2v) is 4.83. The van der Waals surface area contributed by atoms with Crippen molar-refractivity contribution >= 4 is 12.1 Å². The molecule has 0 aromatic heterocycles. The number of carboxylic acid groups (broad SMARTS) is 1. The standard InChI is InChI=1S/C16H23NO5/c1-2-3-11-21-14(15(18)19)9-10-17-16(20)22-12-13-7-5-4-6-8-13/h4-8,14H,2-3,9-12H2,1H3,(H,17,20)(H,18,19)/t14-/m0/s1. The van der Waals surface area contributed by atoms with Crippen LogP contribution in [0.4, 0.5) is 4.79 Å². The molecule has 0 bridgehead atoms. The summed E-state index contributed by atoms with van der Waals surface area (Å²) < 4.78 is 10.3. The number of carboxylic acids is 1. The molecule has 0 unspecified atom stereocenters. The van der Waals surface area contributed by atoms with Crippen molar-refractivity contribution in [2.75, 3.05) is 13.2 Å². The minimum absolute atomic E-state index is 0.183. The van der Waals surface area contributed by atoms with E-state index in [1.165, 1.54) is 0 Å². The molecule has 1 aromatic rings. The smallest absolute Gasteiger partial charge is 0.407 e. The van der Waals surface area contributed by atoms with Gasteiger partial charge in [-0.3, -0.25) is 0 Å². The molecular formula is C16H23NO5. The number of ether oxygens (including phenoxy) is 2. The third-order valence-corrected chi connectivity index (χ3v) is 2.98. The average molecular weight is 309 g/mol. The number of benzene rings is 1. The lowest BCUT2D eigenvalue weighted by molar-refractivity contribution is -0.150. The van der Waals surface area contributed by atoms with Crippen molar-refractivity contribution in [1.82, 2.24) is 5.32 Å². The fourth-order valence-electron chi connectivity index (χ4n) is 1.73. The molecule has 1 atom stereocenters. The topological polar surface area (TPSA) is 84.9 Å². The number of hydrogen-bond donors (Lipinski definition) is 2. The highest BCUT2D eigenvalue weighted by molar-refractivity contribution is 5.72. The number of unbranched alkanes of at least 4 members (excludes halogenated alkanes) is 1. The molecule has 22 heavy (non-hydrogen) atoms. The summed E-state index contributed by atoms with van der Waals surface area (Å²) in [5, 5.41) is 11.5. The van der Waals surface area contributed by atoms with Gasteiger partial charge in [-0.1, -0.05) is 43.7 Å². The predicted octanol–water partition coefficient (Wildman–Crippen LogP) is 2.57. The Balaban J connectivity index is 2.20. The van der Waals surface area contributed by atoms with Gasteiger partial charge in [0.15, 0.2) is 6.10 Å². The highest BCUT2D eigenvalue weighted by Gasteiger charge is 2.17. The van der Waals surface area contributed by atoms with Gasteiger partial charge in [0, 0.05) is 19.6 Å². The molecule has 1 rings (SSSR count). The van der Waals surface area contributed by atoms with E-state index in [-0.39, 0.29) is 19.6 Å². The Morgan fingerprint density at radius 3 is 2.64 bits per heavy atom. The van der Waals surface area contributed by atoms with Crippen LogP contribution in [0.2, 0.25) is 0 Å². The van der Waals surface area contributed by atoms with Crippen LogP contribution in [0.3, 0.4) is 0 Å². The molecule has 6 heteroatoms. The van der Waals surface area contributed by atoms with E-state index in [0.29, 0.717) is 6.61 Å². The molecule has 0 radical (unpaired) electrons. The number of rotatable bonds is 10. The van der Waals surface area contributed by atoms with Crippen LogP contribution in [-0.2, 0) is 20.9 Å². The highest BCUT2D eigenvalue weighted by Crippen LogP contribution is 2.02. The van der Waals surface area contributed by atoms with Crippen LogP contribution in [0.5, 0.6) is 0 Å². The molecule has 0 aliphatic heterocycles. The number of aliphatic carboxylic acids is 1. The van der Waals surface area contributed by atoms with Gasteiger partial charge in [0.05, 0.1) is 0 Å². The summed E-state index contributed by atoms with van der Waals surface area (Å²) in [5.41, 5.74) is 0.893. The fraction of sp³-hybridized carbons (Fsp3) is 0.500. The van der Waals surface area contributed by atoms with E-state index in [4.69, 9.17) is 14.6 Å². The minimum atomic E-state index is -1.02. The summed E-state index contributed by atoms with van der Waals surface area (Å²) in [5.74, 6) is -1.02. The van der Waals surface area contributed by atoms with E-state index >= 15 is 0 Å². The van der Waals surface area contributed by atoms with Gasteiger partial charge < -0.3 is 19.9 Å². The number of nitrogens with one attached hydrogen (secondary N) is 1. The molecule has 0 spiro atoms. The third-order valence-electron chi connectivity index (χ3n) is 2.98.